The Kier molecular flexibility index (Phi) is 6.03. The van der Waals surface area contributed by atoms with Gasteiger partial charge in [0.15, 0.2) is 16.7 Å². The Morgan fingerprint density at radius 1 is 1.12 bits per heavy atom. The van der Waals surface area contributed by atoms with Crippen LogP contribution in [-0.2, 0) is 11.3 Å². The van der Waals surface area contributed by atoms with Crippen LogP contribution in [0.2, 0.25) is 0 Å². The quantitative estimate of drug-likeness (QED) is 0.524. The van der Waals surface area contributed by atoms with Gasteiger partial charge in [0, 0.05) is 5.92 Å². The Labute approximate surface area is 191 Å². The summed E-state index contributed by atoms with van der Waals surface area (Å²) < 4.78 is 13.4. The van der Waals surface area contributed by atoms with Crippen LogP contribution in [0.15, 0.2) is 53.7 Å². The van der Waals surface area contributed by atoms with Gasteiger partial charge in [-0.25, -0.2) is 0 Å². The predicted molar refractivity (Wildman–Crippen MR) is 122 cm³/mol. The van der Waals surface area contributed by atoms with E-state index in [0.717, 1.165) is 47.4 Å². The number of benzene rings is 2. The van der Waals surface area contributed by atoms with Crippen LogP contribution in [0.1, 0.15) is 48.7 Å². The van der Waals surface area contributed by atoms with Crippen LogP contribution in [0.25, 0.3) is 0 Å². The normalized spacial score (nSPS) is 15.9. The molecule has 1 atom stereocenters. The number of nitrogens with zero attached hydrogens (tertiary/aromatic N) is 3. The van der Waals surface area contributed by atoms with E-state index in [0.29, 0.717) is 19.1 Å². The Hall–Kier alpha value is -3.00. The number of rotatable bonds is 8. The van der Waals surface area contributed by atoms with Gasteiger partial charge in [0.1, 0.15) is 19.0 Å². The average molecular weight is 451 g/mol. The van der Waals surface area contributed by atoms with Crippen molar-refractivity contribution in [2.75, 3.05) is 19.0 Å². The van der Waals surface area contributed by atoms with Crippen molar-refractivity contribution in [1.82, 2.24) is 20.1 Å². The van der Waals surface area contributed by atoms with Gasteiger partial charge in [-0.1, -0.05) is 48.2 Å². The molecule has 1 saturated carbocycles. The molecular formula is C24H26N4O3S. The molecule has 32 heavy (non-hydrogen) atoms. The Morgan fingerprint density at radius 3 is 2.69 bits per heavy atom. The number of carbonyl (C=O) groups is 1. The number of fused-ring (bicyclic) bond motifs is 1. The first kappa shape index (κ1) is 20.9. The average Bonchev–Trinajstić information content (AvgIpc) is 3.59. The number of amides is 1. The Balaban J connectivity index is 1.22. The molecule has 2 aliphatic rings. The summed E-state index contributed by atoms with van der Waals surface area (Å²) in [4.78, 5) is 12.7. The SMILES string of the molecule is CC(NC(=O)CSc1nnc(C2CC2)n1Cc1ccccc1)c1ccc2c(c1)OCCO2. The lowest BCUT2D eigenvalue weighted by atomic mass is 10.1. The molecule has 2 aromatic carbocycles. The second kappa shape index (κ2) is 9.24. The molecule has 0 saturated heterocycles. The number of aromatic nitrogens is 3. The Morgan fingerprint density at radius 2 is 1.91 bits per heavy atom. The maximum Gasteiger partial charge on any atom is 0.230 e. The number of thioether (sulfide) groups is 1. The fourth-order valence-electron chi connectivity index (χ4n) is 3.79. The monoisotopic (exact) mass is 450 g/mol. The van der Waals surface area contributed by atoms with E-state index < -0.39 is 0 Å². The van der Waals surface area contributed by atoms with Gasteiger partial charge in [-0.3, -0.25) is 4.79 Å². The molecule has 3 aromatic rings. The van der Waals surface area contributed by atoms with E-state index in [4.69, 9.17) is 9.47 Å². The van der Waals surface area contributed by atoms with E-state index in [-0.39, 0.29) is 17.7 Å². The summed E-state index contributed by atoms with van der Waals surface area (Å²) in [5.74, 6) is 3.24. The number of carbonyl (C=O) groups excluding carboxylic acids is 1. The van der Waals surface area contributed by atoms with Gasteiger partial charge < -0.3 is 19.4 Å². The lowest BCUT2D eigenvalue weighted by Crippen LogP contribution is -2.28. The molecule has 8 heteroatoms. The van der Waals surface area contributed by atoms with Crippen molar-refractivity contribution in [2.45, 2.75) is 43.4 Å². The molecule has 7 nitrogen and oxygen atoms in total. The zero-order chi connectivity index (χ0) is 21.9. The summed E-state index contributed by atoms with van der Waals surface area (Å²) in [6, 6.07) is 16.0. The third-order valence-electron chi connectivity index (χ3n) is 5.65. The molecule has 5 rings (SSSR count). The number of hydrogen-bond acceptors (Lipinski definition) is 6. The van der Waals surface area contributed by atoms with Crippen LogP contribution in [-0.4, -0.2) is 39.6 Å². The van der Waals surface area contributed by atoms with Crippen LogP contribution >= 0.6 is 11.8 Å². The molecule has 2 heterocycles. The molecule has 1 unspecified atom stereocenters. The van der Waals surface area contributed by atoms with Gasteiger partial charge in [0.05, 0.1) is 18.3 Å². The summed E-state index contributed by atoms with van der Waals surface area (Å²) in [6.07, 6.45) is 2.32. The maximum atomic E-state index is 12.7. The summed E-state index contributed by atoms with van der Waals surface area (Å²) in [7, 11) is 0. The van der Waals surface area contributed by atoms with Crippen molar-refractivity contribution >= 4 is 17.7 Å². The van der Waals surface area contributed by atoms with E-state index in [1.807, 2.05) is 43.3 Å². The summed E-state index contributed by atoms with van der Waals surface area (Å²) >= 11 is 1.43. The number of ether oxygens (including phenoxy) is 2. The van der Waals surface area contributed by atoms with Crippen LogP contribution < -0.4 is 14.8 Å². The third kappa shape index (κ3) is 4.75. The second-order valence-corrected chi connectivity index (χ2v) is 9.11. The second-order valence-electron chi connectivity index (χ2n) is 8.17. The van der Waals surface area contributed by atoms with Gasteiger partial charge in [0.25, 0.3) is 0 Å². The lowest BCUT2D eigenvalue weighted by molar-refractivity contribution is -0.119. The summed E-state index contributed by atoms with van der Waals surface area (Å²) in [5, 5.41) is 12.7. The minimum atomic E-state index is -0.136. The van der Waals surface area contributed by atoms with Crippen LogP contribution in [0.5, 0.6) is 11.5 Å². The highest BCUT2D eigenvalue weighted by atomic mass is 32.2. The van der Waals surface area contributed by atoms with Gasteiger partial charge in [-0.2, -0.15) is 0 Å². The van der Waals surface area contributed by atoms with Gasteiger partial charge >= 0.3 is 0 Å². The van der Waals surface area contributed by atoms with Crippen LogP contribution in [0, 0.1) is 0 Å². The molecular weight excluding hydrogens is 424 g/mol. The Bertz CT molecular complexity index is 1100. The molecule has 0 radical (unpaired) electrons. The first-order chi connectivity index (χ1) is 15.7. The fraction of sp³-hybridized carbons (Fsp3) is 0.375. The summed E-state index contributed by atoms with van der Waals surface area (Å²) in [5.41, 5.74) is 2.18. The third-order valence-corrected chi connectivity index (χ3v) is 6.61. The largest absolute Gasteiger partial charge is 0.486 e. The van der Waals surface area contributed by atoms with Gasteiger partial charge in [0.2, 0.25) is 5.91 Å². The molecule has 1 aliphatic carbocycles. The molecule has 166 valence electrons. The van der Waals surface area contributed by atoms with E-state index in [1.54, 1.807) is 0 Å². The molecule has 1 amide bonds. The van der Waals surface area contributed by atoms with Crippen molar-refractivity contribution in [2.24, 2.45) is 0 Å². The minimum Gasteiger partial charge on any atom is -0.486 e. The zero-order valence-corrected chi connectivity index (χ0v) is 18.8. The molecule has 1 N–H and O–H groups in total. The lowest BCUT2D eigenvalue weighted by Gasteiger charge is -2.21. The molecule has 0 bridgehead atoms. The topological polar surface area (TPSA) is 78.3 Å². The first-order valence-electron chi connectivity index (χ1n) is 11.0. The highest BCUT2D eigenvalue weighted by molar-refractivity contribution is 7.99. The van der Waals surface area contributed by atoms with Crippen molar-refractivity contribution in [1.29, 1.82) is 0 Å². The zero-order valence-electron chi connectivity index (χ0n) is 18.0. The summed E-state index contributed by atoms with van der Waals surface area (Å²) in [6.45, 7) is 3.79. The van der Waals surface area contributed by atoms with Crippen LogP contribution in [0.3, 0.4) is 0 Å². The first-order valence-corrected chi connectivity index (χ1v) is 11.9. The van der Waals surface area contributed by atoms with Crippen molar-refractivity contribution in [3.05, 3.63) is 65.5 Å². The number of hydrogen-bond donors (Lipinski definition) is 1. The van der Waals surface area contributed by atoms with E-state index in [1.165, 1.54) is 17.3 Å². The maximum absolute atomic E-state index is 12.7. The van der Waals surface area contributed by atoms with Crippen molar-refractivity contribution < 1.29 is 14.3 Å². The van der Waals surface area contributed by atoms with E-state index in [2.05, 4.69) is 32.2 Å². The molecule has 1 aromatic heterocycles. The van der Waals surface area contributed by atoms with Crippen molar-refractivity contribution in [3.8, 4) is 11.5 Å². The van der Waals surface area contributed by atoms with Crippen LogP contribution in [0.4, 0.5) is 0 Å². The molecule has 1 fully saturated rings. The van der Waals surface area contributed by atoms with Gasteiger partial charge in [-0.15, -0.1) is 10.2 Å². The highest BCUT2D eigenvalue weighted by Gasteiger charge is 2.30. The minimum absolute atomic E-state index is 0.0420. The highest BCUT2D eigenvalue weighted by Crippen LogP contribution is 2.40. The van der Waals surface area contributed by atoms with E-state index >= 15 is 0 Å². The van der Waals surface area contributed by atoms with Gasteiger partial charge in [-0.05, 0) is 43.0 Å². The predicted octanol–water partition coefficient (Wildman–Crippen LogP) is 3.94. The van der Waals surface area contributed by atoms with E-state index in [9.17, 15) is 4.79 Å². The fourth-order valence-corrected chi connectivity index (χ4v) is 4.55. The number of nitrogens with one attached hydrogen (secondary N) is 1. The molecule has 1 aliphatic heterocycles. The van der Waals surface area contributed by atoms with Crippen molar-refractivity contribution in [3.63, 3.8) is 0 Å². The smallest absolute Gasteiger partial charge is 0.230 e. The molecule has 0 spiro atoms. The standard InChI is InChI=1S/C24H26N4O3S/c1-16(19-9-10-20-21(13-19)31-12-11-30-20)25-22(29)15-32-24-27-26-23(18-7-8-18)28(24)14-17-5-3-2-4-6-17/h2-6,9-10,13,16,18H,7-8,11-12,14-15H2,1H3,(H,25,29).